The van der Waals surface area contributed by atoms with Gasteiger partial charge in [0.05, 0.1) is 6.61 Å². The van der Waals surface area contributed by atoms with Crippen molar-refractivity contribution in [1.29, 1.82) is 0 Å². The van der Waals surface area contributed by atoms with Crippen LogP contribution in [0.1, 0.15) is 39.5 Å². The van der Waals surface area contributed by atoms with Crippen molar-refractivity contribution in [1.82, 2.24) is 10.2 Å². The van der Waals surface area contributed by atoms with Gasteiger partial charge >= 0.3 is 0 Å². The van der Waals surface area contributed by atoms with Crippen LogP contribution >= 0.6 is 0 Å². The van der Waals surface area contributed by atoms with E-state index in [9.17, 15) is 0 Å². The first kappa shape index (κ1) is 11.9. The Labute approximate surface area is 105 Å². The first-order valence-corrected chi connectivity index (χ1v) is 7.27. The van der Waals surface area contributed by atoms with E-state index in [-0.39, 0.29) is 0 Å². The van der Waals surface area contributed by atoms with Gasteiger partial charge in [-0.1, -0.05) is 0 Å². The van der Waals surface area contributed by atoms with Gasteiger partial charge in [-0.2, -0.15) is 0 Å². The Kier molecular flexibility index (Phi) is 3.18. The molecular weight excluding hydrogens is 212 g/mol. The molecule has 3 rings (SSSR count). The first-order valence-electron chi connectivity index (χ1n) is 7.27. The van der Waals surface area contributed by atoms with E-state index in [1.165, 1.54) is 38.8 Å². The number of ether oxygens (including phenoxy) is 1. The third-order valence-electron chi connectivity index (χ3n) is 5.02. The lowest BCUT2D eigenvalue weighted by Gasteiger charge is -2.38. The van der Waals surface area contributed by atoms with Gasteiger partial charge in [-0.3, -0.25) is 4.90 Å². The van der Waals surface area contributed by atoms with E-state index in [0.29, 0.717) is 17.6 Å². The number of rotatable bonds is 2. The molecule has 1 saturated carbocycles. The van der Waals surface area contributed by atoms with Crippen LogP contribution in [0.2, 0.25) is 0 Å². The van der Waals surface area contributed by atoms with Crippen molar-refractivity contribution in [3.05, 3.63) is 0 Å². The molecular formula is C14H26N2O. The highest BCUT2D eigenvalue weighted by molar-refractivity contribution is 5.03. The second kappa shape index (κ2) is 4.52. The zero-order valence-corrected chi connectivity index (χ0v) is 11.2. The Balaban J connectivity index is 1.74. The van der Waals surface area contributed by atoms with Gasteiger partial charge in [-0.15, -0.1) is 0 Å². The quantitative estimate of drug-likeness (QED) is 0.791. The van der Waals surface area contributed by atoms with Crippen molar-refractivity contribution in [2.24, 2.45) is 5.92 Å². The molecule has 3 aliphatic rings. The molecule has 3 heteroatoms. The van der Waals surface area contributed by atoms with E-state index in [1.807, 2.05) is 0 Å². The van der Waals surface area contributed by atoms with Gasteiger partial charge < -0.3 is 10.1 Å². The molecule has 2 aliphatic heterocycles. The molecule has 1 N–H and O–H groups in total. The third kappa shape index (κ3) is 2.38. The van der Waals surface area contributed by atoms with Crippen LogP contribution in [-0.4, -0.2) is 48.8 Å². The van der Waals surface area contributed by atoms with Gasteiger partial charge in [0, 0.05) is 30.8 Å². The summed E-state index contributed by atoms with van der Waals surface area (Å²) in [4.78, 5) is 2.73. The standard InChI is InChI=1S/C14H26N2O/c1-11-5-7-15-14(2,12-3-4-12)10-16(11)13-6-8-17-9-13/h11-13,15H,3-10H2,1-2H3. The molecule has 3 fully saturated rings. The first-order chi connectivity index (χ1) is 8.19. The normalized spacial score (nSPS) is 44.8. The molecule has 0 aromatic rings. The van der Waals surface area contributed by atoms with E-state index >= 15 is 0 Å². The van der Waals surface area contributed by atoms with Crippen LogP contribution in [0.25, 0.3) is 0 Å². The fraction of sp³-hybridized carbons (Fsp3) is 1.00. The Bertz CT molecular complexity index is 273. The summed E-state index contributed by atoms with van der Waals surface area (Å²) in [6, 6.07) is 1.37. The molecule has 98 valence electrons. The zero-order valence-electron chi connectivity index (χ0n) is 11.2. The van der Waals surface area contributed by atoms with Crippen molar-refractivity contribution < 1.29 is 4.74 Å². The van der Waals surface area contributed by atoms with Gasteiger partial charge in [-0.25, -0.2) is 0 Å². The Morgan fingerprint density at radius 3 is 2.71 bits per heavy atom. The molecule has 0 amide bonds. The second-order valence-electron chi connectivity index (χ2n) is 6.45. The highest BCUT2D eigenvalue weighted by atomic mass is 16.5. The van der Waals surface area contributed by atoms with Crippen LogP contribution in [0.4, 0.5) is 0 Å². The maximum absolute atomic E-state index is 5.58. The monoisotopic (exact) mass is 238 g/mol. The van der Waals surface area contributed by atoms with E-state index < -0.39 is 0 Å². The lowest BCUT2D eigenvalue weighted by Crippen LogP contribution is -2.54. The maximum atomic E-state index is 5.58. The predicted octanol–water partition coefficient (Wildman–Crippen LogP) is 1.63. The highest BCUT2D eigenvalue weighted by Crippen LogP contribution is 2.41. The fourth-order valence-corrected chi connectivity index (χ4v) is 3.59. The number of nitrogens with zero attached hydrogens (tertiary/aromatic N) is 1. The molecule has 17 heavy (non-hydrogen) atoms. The average molecular weight is 238 g/mol. The van der Waals surface area contributed by atoms with Crippen LogP contribution in [0.3, 0.4) is 0 Å². The number of hydrogen-bond donors (Lipinski definition) is 1. The van der Waals surface area contributed by atoms with Crippen molar-refractivity contribution in [2.75, 3.05) is 26.3 Å². The van der Waals surface area contributed by atoms with Crippen molar-refractivity contribution in [3.63, 3.8) is 0 Å². The molecule has 0 bridgehead atoms. The molecule has 3 atom stereocenters. The third-order valence-corrected chi connectivity index (χ3v) is 5.02. The van der Waals surface area contributed by atoms with Crippen LogP contribution < -0.4 is 5.32 Å². The SMILES string of the molecule is CC1CCNC(C)(C2CC2)CN1C1CCOC1. The summed E-state index contributed by atoms with van der Waals surface area (Å²) >= 11 is 0. The largest absolute Gasteiger partial charge is 0.380 e. The predicted molar refractivity (Wildman–Crippen MR) is 69.1 cm³/mol. The number of hydrogen-bond acceptors (Lipinski definition) is 3. The highest BCUT2D eigenvalue weighted by Gasteiger charge is 2.45. The van der Waals surface area contributed by atoms with Gasteiger partial charge in [0.1, 0.15) is 0 Å². The maximum Gasteiger partial charge on any atom is 0.0622 e. The molecule has 3 nitrogen and oxygen atoms in total. The molecule has 3 unspecified atom stereocenters. The molecule has 0 spiro atoms. The summed E-state index contributed by atoms with van der Waals surface area (Å²) in [6.07, 6.45) is 5.35. The second-order valence-corrected chi connectivity index (χ2v) is 6.45. The van der Waals surface area contributed by atoms with Crippen LogP contribution in [0.15, 0.2) is 0 Å². The van der Waals surface area contributed by atoms with Crippen LogP contribution in [0.5, 0.6) is 0 Å². The van der Waals surface area contributed by atoms with Crippen molar-refractivity contribution >= 4 is 0 Å². The van der Waals surface area contributed by atoms with Gasteiger partial charge in [0.15, 0.2) is 0 Å². The Morgan fingerprint density at radius 1 is 1.24 bits per heavy atom. The van der Waals surface area contributed by atoms with Crippen molar-refractivity contribution in [2.45, 2.75) is 57.2 Å². The molecule has 1 aliphatic carbocycles. The lowest BCUT2D eigenvalue weighted by atomic mass is 9.94. The lowest BCUT2D eigenvalue weighted by molar-refractivity contribution is 0.0932. The van der Waals surface area contributed by atoms with Crippen LogP contribution in [0, 0.1) is 5.92 Å². The molecule has 0 aromatic heterocycles. The minimum Gasteiger partial charge on any atom is -0.380 e. The summed E-state index contributed by atoms with van der Waals surface area (Å²) in [5.41, 5.74) is 0.355. The molecule has 0 radical (unpaired) electrons. The van der Waals surface area contributed by atoms with E-state index in [4.69, 9.17) is 4.74 Å². The van der Waals surface area contributed by atoms with E-state index in [1.54, 1.807) is 0 Å². The van der Waals surface area contributed by atoms with Gasteiger partial charge in [-0.05, 0) is 52.0 Å². The van der Waals surface area contributed by atoms with Crippen molar-refractivity contribution in [3.8, 4) is 0 Å². The zero-order chi connectivity index (χ0) is 11.9. The average Bonchev–Trinajstić information content (AvgIpc) is 3.05. The molecule has 2 saturated heterocycles. The van der Waals surface area contributed by atoms with E-state index in [2.05, 4.69) is 24.1 Å². The fourth-order valence-electron chi connectivity index (χ4n) is 3.59. The summed E-state index contributed by atoms with van der Waals surface area (Å²) in [5, 5.41) is 3.82. The minimum absolute atomic E-state index is 0.355. The topological polar surface area (TPSA) is 24.5 Å². The molecule has 2 heterocycles. The summed E-state index contributed by atoms with van der Waals surface area (Å²) in [5.74, 6) is 0.914. The number of nitrogens with one attached hydrogen (secondary N) is 1. The summed E-state index contributed by atoms with van der Waals surface area (Å²) in [6.45, 7) is 9.13. The minimum atomic E-state index is 0.355. The summed E-state index contributed by atoms with van der Waals surface area (Å²) in [7, 11) is 0. The van der Waals surface area contributed by atoms with Gasteiger partial charge in [0.2, 0.25) is 0 Å². The summed E-state index contributed by atoms with van der Waals surface area (Å²) < 4.78 is 5.58. The van der Waals surface area contributed by atoms with E-state index in [0.717, 1.165) is 19.1 Å². The Morgan fingerprint density at radius 2 is 2.06 bits per heavy atom. The van der Waals surface area contributed by atoms with Gasteiger partial charge in [0.25, 0.3) is 0 Å². The van der Waals surface area contributed by atoms with Crippen LogP contribution in [-0.2, 0) is 4.74 Å². The Hall–Kier alpha value is -0.120. The molecule has 0 aromatic carbocycles. The smallest absolute Gasteiger partial charge is 0.0622 e.